The molecule has 0 atom stereocenters. The first-order valence-electron chi connectivity index (χ1n) is 5.57. The number of nitro groups is 1. The van der Waals surface area contributed by atoms with Gasteiger partial charge in [0.15, 0.2) is 0 Å². The van der Waals surface area contributed by atoms with Crippen LogP contribution < -0.4 is 4.90 Å². The molecule has 0 bridgehead atoms. The quantitative estimate of drug-likeness (QED) is 0.491. The van der Waals surface area contributed by atoms with Crippen molar-refractivity contribution in [2.75, 3.05) is 11.9 Å². The number of aromatic nitrogens is 1. The Kier molecular flexibility index (Phi) is 3.82. The normalized spacial score (nSPS) is 9.85. The molecule has 1 aromatic heterocycles. The Morgan fingerprint density at radius 3 is 2.55 bits per heavy atom. The summed E-state index contributed by atoms with van der Waals surface area (Å²) in [5.41, 5.74) is 1.15. The first-order chi connectivity index (χ1) is 9.51. The molecular weight excluding hydrogens is 280 g/mol. The molecule has 0 saturated heterocycles. The van der Waals surface area contributed by atoms with Crippen LogP contribution in [0.25, 0.3) is 0 Å². The van der Waals surface area contributed by atoms with Crippen LogP contribution in [0.3, 0.4) is 0 Å². The maximum atomic E-state index is 10.8. The highest BCUT2D eigenvalue weighted by Crippen LogP contribution is 2.27. The molecular formula is C13H9ClN4O2. The SMILES string of the molecule is CN(c1ccc(C#N)cc1)c1cc([N+](=O)[O-])cc(Cl)n1. The van der Waals surface area contributed by atoms with E-state index in [0.717, 1.165) is 5.69 Å². The highest BCUT2D eigenvalue weighted by Gasteiger charge is 2.14. The van der Waals surface area contributed by atoms with Gasteiger partial charge in [0.1, 0.15) is 11.0 Å². The van der Waals surface area contributed by atoms with Crippen molar-refractivity contribution in [2.24, 2.45) is 0 Å². The molecule has 1 heterocycles. The number of halogens is 1. The maximum absolute atomic E-state index is 10.8. The second-order valence-corrected chi connectivity index (χ2v) is 4.37. The van der Waals surface area contributed by atoms with Gasteiger partial charge in [-0.05, 0) is 24.3 Å². The van der Waals surface area contributed by atoms with Crippen molar-refractivity contribution in [2.45, 2.75) is 0 Å². The lowest BCUT2D eigenvalue weighted by Gasteiger charge is -2.18. The van der Waals surface area contributed by atoms with Crippen LogP contribution in [0, 0.1) is 21.4 Å². The van der Waals surface area contributed by atoms with Crippen molar-refractivity contribution in [3.8, 4) is 6.07 Å². The van der Waals surface area contributed by atoms with Crippen molar-refractivity contribution in [3.05, 3.63) is 57.2 Å². The number of rotatable bonds is 3. The second-order valence-electron chi connectivity index (χ2n) is 3.98. The van der Waals surface area contributed by atoms with Crippen LogP contribution in [-0.2, 0) is 0 Å². The van der Waals surface area contributed by atoms with Crippen LogP contribution in [0.5, 0.6) is 0 Å². The number of pyridine rings is 1. The van der Waals surface area contributed by atoms with Gasteiger partial charge in [0, 0.05) is 12.7 Å². The van der Waals surface area contributed by atoms with Gasteiger partial charge in [-0.25, -0.2) is 4.98 Å². The average molecular weight is 289 g/mol. The largest absolute Gasteiger partial charge is 0.329 e. The van der Waals surface area contributed by atoms with Gasteiger partial charge in [0.05, 0.1) is 28.7 Å². The summed E-state index contributed by atoms with van der Waals surface area (Å²) in [6.07, 6.45) is 0. The first-order valence-corrected chi connectivity index (χ1v) is 5.95. The lowest BCUT2D eigenvalue weighted by atomic mass is 10.2. The van der Waals surface area contributed by atoms with E-state index in [-0.39, 0.29) is 10.8 Å². The van der Waals surface area contributed by atoms with Gasteiger partial charge < -0.3 is 4.90 Å². The van der Waals surface area contributed by atoms with Gasteiger partial charge in [-0.2, -0.15) is 5.26 Å². The van der Waals surface area contributed by atoms with E-state index >= 15 is 0 Å². The smallest absolute Gasteiger partial charge is 0.276 e. The Morgan fingerprint density at radius 1 is 1.35 bits per heavy atom. The van der Waals surface area contributed by atoms with Crippen LogP contribution in [0.15, 0.2) is 36.4 Å². The summed E-state index contributed by atoms with van der Waals surface area (Å²) in [5, 5.41) is 19.6. The van der Waals surface area contributed by atoms with Crippen molar-refractivity contribution >= 4 is 28.8 Å². The summed E-state index contributed by atoms with van der Waals surface area (Å²) >= 11 is 5.79. The van der Waals surface area contributed by atoms with E-state index in [0.29, 0.717) is 11.4 Å². The molecule has 0 amide bonds. The number of hydrogen-bond donors (Lipinski definition) is 0. The Bertz CT molecular complexity index is 695. The van der Waals surface area contributed by atoms with Crippen LogP contribution >= 0.6 is 11.6 Å². The van der Waals surface area contributed by atoms with Crippen LogP contribution in [0.1, 0.15) is 5.56 Å². The summed E-state index contributed by atoms with van der Waals surface area (Å²) < 4.78 is 0. The summed E-state index contributed by atoms with van der Waals surface area (Å²) in [6.45, 7) is 0. The Hall–Kier alpha value is -2.65. The van der Waals surface area contributed by atoms with Gasteiger partial charge in [0.25, 0.3) is 5.69 Å². The standard InChI is InChI=1S/C13H9ClN4O2/c1-17(10-4-2-9(8-15)3-5-10)13-7-11(18(19)20)6-12(14)16-13/h2-7H,1H3. The van der Waals surface area contributed by atoms with E-state index in [9.17, 15) is 10.1 Å². The minimum atomic E-state index is -0.524. The predicted molar refractivity (Wildman–Crippen MR) is 75.1 cm³/mol. The molecule has 0 unspecified atom stereocenters. The number of benzene rings is 1. The minimum absolute atomic E-state index is 0.0506. The topological polar surface area (TPSA) is 83.1 Å². The van der Waals surface area contributed by atoms with Crippen molar-refractivity contribution in [3.63, 3.8) is 0 Å². The van der Waals surface area contributed by atoms with E-state index in [2.05, 4.69) is 4.98 Å². The lowest BCUT2D eigenvalue weighted by molar-refractivity contribution is -0.384. The van der Waals surface area contributed by atoms with Gasteiger partial charge in [-0.3, -0.25) is 10.1 Å². The van der Waals surface area contributed by atoms with Crippen molar-refractivity contribution < 1.29 is 4.92 Å². The number of anilines is 2. The summed E-state index contributed by atoms with van der Waals surface area (Å²) in [4.78, 5) is 16.0. The molecule has 0 fully saturated rings. The fourth-order valence-electron chi connectivity index (χ4n) is 1.64. The average Bonchev–Trinajstić information content (AvgIpc) is 2.46. The molecule has 0 N–H and O–H groups in total. The molecule has 0 saturated carbocycles. The van der Waals surface area contributed by atoms with Crippen molar-refractivity contribution in [1.29, 1.82) is 5.26 Å². The minimum Gasteiger partial charge on any atom is -0.329 e. The molecule has 0 radical (unpaired) electrons. The van der Waals surface area contributed by atoms with E-state index in [1.54, 1.807) is 36.2 Å². The molecule has 2 aromatic rings. The molecule has 7 heteroatoms. The zero-order chi connectivity index (χ0) is 14.7. The summed E-state index contributed by atoms with van der Waals surface area (Å²) in [6, 6.07) is 11.3. The Labute approximate surface area is 120 Å². The van der Waals surface area contributed by atoms with Crippen LogP contribution in [0.2, 0.25) is 5.15 Å². The maximum Gasteiger partial charge on any atom is 0.276 e. The summed E-state index contributed by atoms with van der Waals surface area (Å²) in [7, 11) is 1.71. The fourth-order valence-corrected chi connectivity index (χ4v) is 1.84. The molecule has 0 aliphatic rings. The molecule has 1 aromatic carbocycles. The molecule has 100 valence electrons. The third kappa shape index (κ3) is 2.84. The number of hydrogen-bond acceptors (Lipinski definition) is 5. The lowest BCUT2D eigenvalue weighted by Crippen LogP contribution is -2.11. The summed E-state index contributed by atoms with van der Waals surface area (Å²) in [5.74, 6) is 0.355. The molecule has 0 spiro atoms. The van der Waals surface area contributed by atoms with Crippen molar-refractivity contribution in [1.82, 2.24) is 4.98 Å². The zero-order valence-corrected chi connectivity index (χ0v) is 11.2. The number of nitrogens with zero attached hydrogens (tertiary/aromatic N) is 4. The van der Waals surface area contributed by atoms with Crippen LogP contribution in [-0.4, -0.2) is 17.0 Å². The monoisotopic (exact) mass is 288 g/mol. The van der Waals surface area contributed by atoms with Gasteiger partial charge in [0.2, 0.25) is 0 Å². The fraction of sp³-hybridized carbons (Fsp3) is 0.0769. The zero-order valence-electron chi connectivity index (χ0n) is 10.4. The highest BCUT2D eigenvalue weighted by molar-refractivity contribution is 6.29. The third-order valence-corrected chi connectivity index (χ3v) is 2.90. The van der Waals surface area contributed by atoms with Gasteiger partial charge in [-0.1, -0.05) is 11.6 Å². The molecule has 20 heavy (non-hydrogen) atoms. The van der Waals surface area contributed by atoms with Crippen LogP contribution in [0.4, 0.5) is 17.2 Å². The van der Waals surface area contributed by atoms with E-state index in [4.69, 9.17) is 16.9 Å². The molecule has 6 nitrogen and oxygen atoms in total. The third-order valence-electron chi connectivity index (χ3n) is 2.70. The van der Waals surface area contributed by atoms with Gasteiger partial charge >= 0.3 is 0 Å². The number of nitriles is 1. The first kappa shape index (κ1) is 13.8. The second kappa shape index (κ2) is 5.55. The Balaban J connectivity index is 2.39. The predicted octanol–water partition coefficient (Wildman–Crippen LogP) is 3.28. The van der Waals surface area contributed by atoms with E-state index < -0.39 is 4.92 Å². The molecule has 0 aliphatic carbocycles. The van der Waals surface area contributed by atoms with Gasteiger partial charge in [-0.15, -0.1) is 0 Å². The highest BCUT2D eigenvalue weighted by atomic mass is 35.5. The van der Waals surface area contributed by atoms with E-state index in [1.807, 2.05) is 6.07 Å². The Morgan fingerprint density at radius 2 is 2.00 bits per heavy atom. The van der Waals surface area contributed by atoms with E-state index in [1.165, 1.54) is 12.1 Å². The molecule has 0 aliphatic heterocycles. The molecule has 2 rings (SSSR count).